The normalized spacial score (nSPS) is 27.8. The van der Waals surface area contributed by atoms with E-state index in [4.69, 9.17) is 4.74 Å². The minimum absolute atomic E-state index is 0.185. The van der Waals surface area contributed by atoms with Crippen molar-refractivity contribution < 1.29 is 9.53 Å². The zero-order chi connectivity index (χ0) is 18.7. The standard InChI is InChI=1S/C19H33N5O2/c1-15-9-23(10-16(2)26-15)13-18-6-5-7-24(18)14-19(25)21(3)11-17-8-20-22(4)12-17/h8,12,15-16,18H,5-7,9-11,13-14H2,1-4H3. The van der Waals surface area contributed by atoms with Crippen LogP contribution in [0.1, 0.15) is 32.3 Å². The lowest BCUT2D eigenvalue weighted by Gasteiger charge is -2.38. The SMILES string of the molecule is CC1CN(CC2CCCN2CC(=O)N(C)Cc2cnn(C)c2)CC(C)O1. The first-order chi connectivity index (χ1) is 12.4. The largest absolute Gasteiger partial charge is 0.373 e. The van der Waals surface area contributed by atoms with E-state index in [0.717, 1.165) is 31.7 Å². The van der Waals surface area contributed by atoms with E-state index in [2.05, 4.69) is 28.7 Å². The van der Waals surface area contributed by atoms with E-state index in [1.807, 2.05) is 31.4 Å². The van der Waals surface area contributed by atoms with E-state index >= 15 is 0 Å². The van der Waals surface area contributed by atoms with Crippen molar-refractivity contribution in [3.8, 4) is 0 Å². The lowest BCUT2D eigenvalue weighted by molar-refractivity contribution is -0.132. The van der Waals surface area contributed by atoms with E-state index in [0.29, 0.717) is 31.3 Å². The Kier molecular flexibility index (Phi) is 6.32. The minimum atomic E-state index is 0.185. The minimum Gasteiger partial charge on any atom is -0.373 e. The Morgan fingerprint density at radius 2 is 2.08 bits per heavy atom. The Labute approximate surface area is 156 Å². The zero-order valence-corrected chi connectivity index (χ0v) is 16.6. The molecule has 3 rings (SSSR count). The maximum atomic E-state index is 12.7. The molecular weight excluding hydrogens is 330 g/mol. The second-order valence-electron chi connectivity index (χ2n) is 8.01. The van der Waals surface area contributed by atoms with Crippen molar-refractivity contribution in [3.63, 3.8) is 0 Å². The van der Waals surface area contributed by atoms with Crippen LogP contribution in [0.15, 0.2) is 12.4 Å². The van der Waals surface area contributed by atoms with Crippen LogP contribution in [0.2, 0.25) is 0 Å². The van der Waals surface area contributed by atoms with Crippen LogP contribution in [0.5, 0.6) is 0 Å². The molecule has 0 saturated carbocycles. The zero-order valence-electron chi connectivity index (χ0n) is 16.6. The summed E-state index contributed by atoms with van der Waals surface area (Å²) in [6.07, 6.45) is 6.73. The van der Waals surface area contributed by atoms with Crippen LogP contribution in [0, 0.1) is 0 Å². The summed E-state index contributed by atoms with van der Waals surface area (Å²) in [7, 11) is 3.78. The van der Waals surface area contributed by atoms with Gasteiger partial charge in [-0.25, -0.2) is 0 Å². The highest BCUT2D eigenvalue weighted by molar-refractivity contribution is 5.78. The third kappa shape index (κ3) is 5.05. The molecule has 0 radical (unpaired) electrons. The summed E-state index contributed by atoms with van der Waals surface area (Å²) in [4.78, 5) is 19.4. The Morgan fingerprint density at radius 3 is 2.73 bits per heavy atom. The monoisotopic (exact) mass is 363 g/mol. The van der Waals surface area contributed by atoms with Crippen LogP contribution >= 0.6 is 0 Å². The second-order valence-corrected chi connectivity index (χ2v) is 8.01. The van der Waals surface area contributed by atoms with E-state index in [9.17, 15) is 4.79 Å². The predicted molar refractivity (Wildman–Crippen MR) is 101 cm³/mol. The van der Waals surface area contributed by atoms with Gasteiger partial charge in [0.15, 0.2) is 0 Å². The molecule has 0 aromatic carbocycles. The summed E-state index contributed by atoms with van der Waals surface area (Å²) in [6, 6.07) is 0.475. The first-order valence-electron chi connectivity index (χ1n) is 9.74. The van der Waals surface area contributed by atoms with Gasteiger partial charge in [0.05, 0.1) is 24.9 Å². The number of nitrogens with zero attached hydrogens (tertiary/aromatic N) is 5. The molecule has 2 fully saturated rings. The Bertz CT molecular complexity index is 595. The van der Waals surface area contributed by atoms with Crippen molar-refractivity contribution in [2.24, 2.45) is 7.05 Å². The van der Waals surface area contributed by atoms with E-state index in [1.54, 1.807) is 4.68 Å². The molecule has 3 unspecified atom stereocenters. The summed E-state index contributed by atoms with van der Waals surface area (Å²) < 4.78 is 7.61. The molecule has 0 aliphatic carbocycles. The van der Waals surface area contributed by atoms with Crippen molar-refractivity contribution in [2.45, 2.75) is 51.5 Å². The number of rotatable bonds is 6. The van der Waals surface area contributed by atoms with Crippen molar-refractivity contribution in [3.05, 3.63) is 18.0 Å². The van der Waals surface area contributed by atoms with Crippen LogP contribution in [0.3, 0.4) is 0 Å². The molecular formula is C19H33N5O2. The van der Waals surface area contributed by atoms with Crippen molar-refractivity contribution in [1.82, 2.24) is 24.5 Å². The number of likely N-dealkylation sites (tertiary alicyclic amines) is 1. The van der Waals surface area contributed by atoms with Gasteiger partial charge in [0, 0.05) is 58.1 Å². The third-order valence-corrected chi connectivity index (χ3v) is 5.41. The lowest BCUT2D eigenvalue weighted by Crippen LogP contribution is -2.51. The highest BCUT2D eigenvalue weighted by Gasteiger charge is 2.31. The maximum absolute atomic E-state index is 12.7. The molecule has 2 aliphatic rings. The topological polar surface area (TPSA) is 53.8 Å². The van der Waals surface area contributed by atoms with Gasteiger partial charge in [-0.2, -0.15) is 5.10 Å². The van der Waals surface area contributed by atoms with Crippen molar-refractivity contribution in [2.75, 3.05) is 39.8 Å². The molecule has 0 spiro atoms. The van der Waals surface area contributed by atoms with Gasteiger partial charge in [-0.15, -0.1) is 0 Å². The molecule has 3 atom stereocenters. The maximum Gasteiger partial charge on any atom is 0.236 e. The molecule has 7 heteroatoms. The number of morpholine rings is 1. The number of aryl methyl sites for hydroxylation is 1. The first kappa shape index (κ1) is 19.3. The number of aromatic nitrogens is 2. The average Bonchev–Trinajstić information content (AvgIpc) is 3.15. The fourth-order valence-corrected chi connectivity index (χ4v) is 4.25. The van der Waals surface area contributed by atoms with E-state index in [1.165, 1.54) is 12.8 Å². The summed E-state index contributed by atoms with van der Waals surface area (Å²) >= 11 is 0. The van der Waals surface area contributed by atoms with Crippen molar-refractivity contribution in [1.29, 1.82) is 0 Å². The molecule has 2 aliphatic heterocycles. The fourth-order valence-electron chi connectivity index (χ4n) is 4.25. The number of ether oxygens (including phenoxy) is 1. The summed E-state index contributed by atoms with van der Waals surface area (Å²) in [5, 5.41) is 4.17. The Hall–Kier alpha value is -1.44. The number of carbonyl (C=O) groups excluding carboxylic acids is 1. The summed E-state index contributed by atoms with van der Waals surface area (Å²) in [5.74, 6) is 0.185. The van der Waals surface area contributed by atoms with Gasteiger partial charge in [0.25, 0.3) is 0 Å². The highest BCUT2D eigenvalue weighted by Crippen LogP contribution is 2.20. The molecule has 1 aromatic rings. The highest BCUT2D eigenvalue weighted by atomic mass is 16.5. The second kappa shape index (κ2) is 8.50. The number of carbonyl (C=O) groups is 1. The van der Waals surface area contributed by atoms with E-state index < -0.39 is 0 Å². The average molecular weight is 364 g/mol. The van der Waals surface area contributed by atoms with Gasteiger partial charge in [-0.1, -0.05) is 0 Å². The van der Waals surface area contributed by atoms with Gasteiger partial charge in [0.2, 0.25) is 5.91 Å². The summed E-state index contributed by atoms with van der Waals surface area (Å²) in [5.41, 5.74) is 1.07. The van der Waals surface area contributed by atoms with Crippen LogP contribution in [0.25, 0.3) is 0 Å². The molecule has 3 heterocycles. The third-order valence-electron chi connectivity index (χ3n) is 5.41. The van der Waals surface area contributed by atoms with Gasteiger partial charge < -0.3 is 9.64 Å². The van der Waals surface area contributed by atoms with Crippen molar-refractivity contribution >= 4 is 5.91 Å². The van der Waals surface area contributed by atoms with Crippen LogP contribution in [-0.2, 0) is 23.1 Å². The van der Waals surface area contributed by atoms with Crippen LogP contribution in [-0.4, -0.2) is 88.4 Å². The summed E-state index contributed by atoms with van der Waals surface area (Å²) in [6.45, 7) is 9.45. The molecule has 0 bridgehead atoms. The Morgan fingerprint density at radius 1 is 1.35 bits per heavy atom. The Balaban J connectivity index is 1.50. The van der Waals surface area contributed by atoms with Crippen LogP contribution in [0.4, 0.5) is 0 Å². The number of likely N-dealkylation sites (N-methyl/N-ethyl adjacent to an activating group) is 1. The molecule has 1 aromatic heterocycles. The van der Waals surface area contributed by atoms with Gasteiger partial charge in [-0.05, 0) is 33.2 Å². The van der Waals surface area contributed by atoms with Gasteiger partial charge >= 0.3 is 0 Å². The van der Waals surface area contributed by atoms with Crippen LogP contribution < -0.4 is 0 Å². The fraction of sp³-hybridized carbons (Fsp3) is 0.789. The molecule has 26 heavy (non-hydrogen) atoms. The quantitative estimate of drug-likeness (QED) is 0.753. The first-order valence-corrected chi connectivity index (χ1v) is 9.74. The molecule has 146 valence electrons. The molecule has 7 nitrogen and oxygen atoms in total. The smallest absolute Gasteiger partial charge is 0.236 e. The number of hydrogen-bond acceptors (Lipinski definition) is 5. The van der Waals surface area contributed by atoms with Gasteiger partial charge in [0.1, 0.15) is 0 Å². The lowest BCUT2D eigenvalue weighted by atomic mass is 10.1. The number of hydrogen-bond donors (Lipinski definition) is 0. The van der Waals surface area contributed by atoms with Gasteiger partial charge in [-0.3, -0.25) is 19.3 Å². The molecule has 2 saturated heterocycles. The predicted octanol–water partition coefficient (Wildman–Crippen LogP) is 0.952. The molecule has 1 amide bonds. The molecule has 0 N–H and O–H groups in total. The van der Waals surface area contributed by atoms with E-state index in [-0.39, 0.29) is 5.91 Å². The number of amides is 1.